The van der Waals surface area contributed by atoms with E-state index in [1.165, 1.54) is 31.2 Å². The van der Waals surface area contributed by atoms with E-state index < -0.39 is 0 Å². The summed E-state index contributed by atoms with van der Waals surface area (Å²) in [5.74, 6) is 1.58. The highest BCUT2D eigenvalue weighted by atomic mass is 32.1. The Balaban J connectivity index is 1.48. The van der Waals surface area contributed by atoms with E-state index in [0.717, 1.165) is 25.9 Å². The Morgan fingerprint density at radius 2 is 1.88 bits per heavy atom. The number of Topliss-reactive ketones (excluding diaryl/α,β-unsaturated/α-hetero) is 1. The van der Waals surface area contributed by atoms with Gasteiger partial charge in [0, 0.05) is 30.3 Å². The lowest BCUT2D eigenvalue weighted by Crippen LogP contribution is -2.43. The highest BCUT2D eigenvalue weighted by Gasteiger charge is 2.32. The van der Waals surface area contributed by atoms with E-state index in [9.17, 15) is 4.79 Å². The molecule has 4 nitrogen and oxygen atoms in total. The topological polar surface area (TPSA) is 49.0 Å². The van der Waals surface area contributed by atoms with Crippen LogP contribution in [0.2, 0.25) is 0 Å². The Morgan fingerprint density at radius 1 is 1.21 bits per heavy atom. The Labute approximate surface area is 150 Å². The fraction of sp³-hybridized carbons (Fsp3) is 0.737. The number of hydrogen-bond donors (Lipinski definition) is 1. The smallest absolute Gasteiger partial charge is 0.196 e. The predicted octanol–water partition coefficient (Wildman–Crippen LogP) is 4.10. The zero-order valence-corrected chi connectivity index (χ0v) is 15.6. The van der Waals surface area contributed by atoms with E-state index in [0.29, 0.717) is 28.4 Å². The fourth-order valence-corrected chi connectivity index (χ4v) is 4.48. The van der Waals surface area contributed by atoms with Gasteiger partial charge in [0.2, 0.25) is 0 Å². The van der Waals surface area contributed by atoms with Gasteiger partial charge < -0.3 is 9.88 Å². The van der Waals surface area contributed by atoms with Crippen LogP contribution in [0.25, 0.3) is 0 Å². The maximum absolute atomic E-state index is 12.2. The summed E-state index contributed by atoms with van der Waals surface area (Å²) in [4.78, 5) is 22.1. The van der Waals surface area contributed by atoms with Gasteiger partial charge in [0.1, 0.15) is 5.78 Å². The van der Waals surface area contributed by atoms with E-state index >= 15 is 0 Å². The van der Waals surface area contributed by atoms with Gasteiger partial charge in [-0.25, -0.2) is 4.98 Å². The number of carbonyl (C=O) groups is 1. The molecule has 132 valence electrons. The first kappa shape index (κ1) is 17.7. The Kier molecular flexibility index (Phi) is 5.82. The van der Waals surface area contributed by atoms with Gasteiger partial charge in [-0.2, -0.15) is 0 Å². The lowest BCUT2D eigenvalue weighted by molar-refractivity contribution is -0.127. The number of nitrogens with zero attached hydrogens (tertiary/aromatic N) is 2. The minimum atomic E-state index is 0.189. The first-order chi connectivity index (χ1) is 11.5. The molecule has 5 heteroatoms. The zero-order valence-electron chi connectivity index (χ0n) is 14.8. The van der Waals surface area contributed by atoms with Crippen LogP contribution >= 0.6 is 12.2 Å². The summed E-state index contributed by atoms with van der Waals surface area (Å²) in [6.07, 6.45) is 10.9. The molecular weight excluding hydrogens is 318 g/mol. The highest BCUT2D eigenvalue weighted by Crippen LogP contribution is 2.34. The monoisotopic (exact) mass is 347 g/mol. The molecule has 1 aliphatic heterocycles. The van der Waals surface area contributed by atoms with Crippen molar-refractivity contribution < 1.29 is 4.79 Å². The zero-order chi connectivity index (χ0) is 17.1. The Bertz CT molecular complexity index is 591. The number of H-pyrrole nitrogens is 1. The lowest BCUT2D eigenvalue weighted by atomic mass is 9.79. The summed E-state index contributed by atoms with van der Waals surface area (Å²) in [7, 11) is 0. The molecule has 1 saturated heterocycles. The SMILES string of the molecule is CC(C)C(=O)C1CCC(N2CCC(c3cnc(=S)[nH]c3)CC2)CC1. The number of likely N-dealkylation sites (tertiary alicyclic amines) is 1. The van der Waals surface area contributed by atoms with Crippen molar-refractivity contribution in [2.24, 2.45) is 11.8 Å². The van der Waals surface area contributed by atoms with Crippen LogP contribution in [0.1, 0.15) is 63.9 Å². The van der Waals surface area contributed by atoms with Crippen LogP contribution in [-0.4, -0.2) is 39.8 Å². The average molecular weight is 348 g/mol. The van der Waals surface area contributed by atoms with Crippen LogP contribution in [0.4, 0.5) is 0 Å². The van der Waals surface area contributed by atoms with Crippen LogP contribution in [0, 0.1) is 16.6 Å². The summed E-state index contributed by atoms with van der Waals surface area (Å²) in [5.41, 5.74) is 1.29. The third-order valence-electron chi connectivity index (χ3n) is 5.88. The van der Waals surface area contributed by atoms with E-state index in [1.807, 2.05) is 26.2 Å². The van der Waals surface area contributed by atoms with E-state index in [1.54, 1.807) is 0 Å². The second-order valence-corrected chi connectivity index (χ2v) is 8.11. The number of ketones is 1. The number of aromatic amines is 1. The molecule has 0 bridgehead atoms. The minimum Gasteiger partial charge on any atom is -0.337 e. The molecule has 2 aliphatic rings. The quantitative estimate of drug-likeness (QED) is 0.833. The summed E-state index contributed by atoms with van der Waals surface area (Å²) < 4.78 is 0.559. The molecule has 0 aromatic carbocycles. The van der Waals surface area contributed by atoms with Gasteiger partial charge in [-0.1, -0.05) is 13.8 Å². The molecule has 3 rings (SSSR count). The van der Waals surface area contributed by atoms with Crippen LogP contribution in [0.5, 0.6) is 0 Å². The van der Waals surface area contributed by atoms with E-state index in [-0.39, 0.29) is 5.92 Å². The van der Waals surface area contributed by atoms with Crippen LogP contribution < -0.4 is 0 Å². The van der Waals surface area contributed by atoms with Crippen molar-refractivity contribution in [1.82, 2.24) is 14.9 Å². The maximum Gasteiger partial charge on any atom is 0.196 e. The molecule has 0 radical (unpaired) electrons. The summed E-state index contributed by atoms with van der Waals surface area (Å²) in [6.45, 7) is 6.38. The standard InChI is InChI=1S/C19H29N3OS/c1-13(2)18(23)15-3-5-17(6-4-15)22-9-7-14(8-10-22)16-11-20-19(24)21-12-16/h11-15,17H,3-10H2,1-2H3,(H,20,21,24). The van der Waals surface area contributed by atoms with Gasteiger partial charge in [-0.15, -0.1) is 0 Å². The molecule has 1 saturated carbocycles. The maximum atomic E-state index is 12.2. The van der Waals surface area contributed by atoms with Gasteiger partial charge in [0.25, 0.3) is 0 Å². The van der Waals surface area contributed by atoms with E-state index in [4.69, 9.17) is 12.2 Å². The molecule has 0 spiro atoms. The number of piperidine rings is 1. The first-order valence-electron chi connectivity index (χ1n) is 9.37. The number of nitrogens with one attached hydrogen (secondary N) is 1. The molecule has 0 unspecified atom stereocenters. The first-order valence-corrected chi connectivity index (χ1v) is 9.78. The van der Waals surface area contributed by atoms with E-state index in [2.05, 4.69) is 14.9 Å². The molecule has 1 N–H and O–H groups in total. The Morgan fingerprint density at radius 3 is 2.42 bits per heavy atom. The molecule has 1 aromatic rings. The predicted molar refractivity (Wildman–Crippen MR) is 98.6 cm³/mol. The van der Waals surface area contributed by atoms with Gasteiger partial charge in [0.05, 0.1) is 0 Å². The fourth-order valence-electron chi connectivity index (χ4n) is 4.37. The normalized spacial score (nSPS) is 26.6. The van der Waals surface area contributed by atoms with Gasteiger partial charge >= 0.3 is 0 Å². The van der Waals surface area contributed by atoms with Crippen LogP contribution in [-0.2, 0) is 4.79 Å². The number of hydrogen-bond acceptors (Lipinski definition) is 4. The molecule has 2 heterocycles. The molecule has 1 aromatic heterocycles. The van der Waals surface area contributed by atoms with Crippen molar-refractivity contribution in [2.45, 2.75) is 64.3 Å². The van der Waals surface area contributed by atoms with Crippen LogP contribution in [0.3, 0.4) is 0 Å². The molecule has 0 atom stereocenters. The van der Waals surface area contributed by atoms with Crippen molar-refractivity contribution in [1.29, 1.82) is 0 Å². The third kappa shape index (κ3) is 4.12. The molecular formula is C19H29N3OS. The molecule has 0 amide bonds. The van der Waals surface area contributed by atoms with Crippen molar-refractivity contribution in [3.05, 3.63) is 22.7 Å². The summed E-state index contributed by atoms with van der Waals surface area (Å²) in [5, 5.41) is 0. The highest BCUT2D eigenvalue weighted by molar-refractivity contribution is 7.71. The number of aromatic nitrogens is 2. The molecule has 2 fully saturated rings. The minimum absolute atomic E-state index is 0.189. The summed E-state index contributed by atoms with van der Waals surface area (Å²) in [6, 6.07) is 0.682. The number of carbonyl (C=O) groups excluding carboxylic acids is 1. The molecule has 1 aliphatic carbocycles. The van der Waals surface area contributed by atoms with Gasteiger partial charge in [-0.05, 0) is 75.3 Å². The van der Waals surface area contributed by atoms with Gasteiger partial charge in [0.15, 0.2) is 4.77 Å². The Hall–Kier alpha value is -1.07. The van der Waals surface area contributed by atoms with Crippen molar-refractivity contribution in [3.8, 4) is 0 Å². The largest absolute Gasteiger partial charge is 0.337 e. The van der Waals surface area contributed by atoms with Crippen molar-refractivity contribution >= 4 is 18.0 Å². The summed E-state index contributed by atoms with van der Waals surface area (Å²) >= 11 is 5.02. The van der Waals surface area contributed by atoms with Gasteiger partial charge in [-0.3, -0.25) is 4.79 Å². The average Bonchev–Trinajstić information content (AvgIpc) is 2.62. The second kappa shape index (κ2) is 7.87. The van der Waals surface area contributed by atoms with Crippen molar-refractivity contribution in [3.63, 3.8) is 0 Å². The molecule has 24 heavy (non-hydrogen) atoms. The van der Waals surface area contributed by atoms with Crippen molar-refractivity contribution in [2.75, 3.05) is 13.1 Å². The second-order valence-electron chi connectivity index (χ2n) is 7.72. The van der Waals surface area contributed by atoms with Crippen LogP contribution in [0.15, 0.2) is 12.4 Å². The number of rotatable bonds is 4. The third-order valence-corrected chi connectivity index (χ3v) is 6.10. The lowest BCUT2D eigenvalue weighted by Gasteiger charge is -2.40.